The van der Waals surface area contributed by atoms with Gasteiger partial charge in [0.1, 0.15) is 23.8 Å². The minimum Gasteiger partial charge on any atom is -0.481 e. The van der Waals surface area contributed by atoms with E-state index in [9.17, 15) is 14.7 Å². The number of aryl methyl sites for hydroxylation is 1. The number of amides is 1. The van der Waals surface area contributed by atoms with Gasteiger partial charge >= 0.3 is 12.1 Å². The molecule has 6 rings (SSSR count). The number of aromatic nitrogens is 3. The van der Waals surface area contributed by atoms with E-state index in [1.54, 1.807) is 29.7 Å². The highest BCUT2D eigenvalue weighted by Crippen LogP contribution is 2.52. The average molecular weight is 501 g/mol. The maximum atomic E-state index is 15.5. The van der Waals surface area contributed by atoms with Crippen molar-refractivity contribution < 1.29 is 28.6 Å². The third kappa shape index (κ3) is 4.47. The minimum absolute atomic E-state index is 0.0124. The van der Waals surface area contributed by atoms with Gasteiger partial charge in [-0.1, -0.05) is 30.2 Å². The van der Waals surface area contributed by atoms with E-state index in [2.05, 4.69) is 10.3 Å². The summed E-state index contributed by atoms with van der Waals surface area (Å²) in [5.41, 5.74) is 1.14. The van der Waals surface area contributed by atoms with Gasteiger partial charge in [-0.3, -0.25) is 4.79 Å². The first-order chi connectivity index (χ1) is 17.2. The van der Waals surface area contributed by atoms with Gasteiger partial charge in [-0.05, 0) is 50.2 Å². The van der Waals surface area contributed by atoms with Crippen molar-refractivity contribution in [2.24, 2.45) is 7.05 Å². The number of ether oxygens (including phenoxy) is 2. The molecule has 2 aliphatic carbocycles. The lowest BCUT2D eigenvalue weighted by Gasteiger charge is -2.53. The number of carboxylic acid groups (broad SMARTS) is 1. The SMILES string of the molecule is CN(C(=O)OCc1c(-c2ccc(C34CCC(CC(=O)O)(CC3)OC4)c(F)c2)nnn1C)C1CCCC1. The van der Waals surface area contributed by atoms with E-state index in [0.717, 1.165) is 25.7 Å². The van der Waals surface area contributed by atoms with Crippen LogP contribution in [0.3, 0.4) is 0 Å². The molecule has 0 atom stereocenters. The van der Waals surface area contributed by atoms with Gasteiger partial charge in [-0.15, -0.1) is 5.10 Å². The van der Waals surface area contributed by atoms with Crippen LogP contribution in [0, 0.1) is 5.82 Å². The summed E-state index contributed by atoms with van der Waals surface area (Å²) in [5.74, 6) is -1.21. The molecule has 2 saturated carbocycles. The molecule has 2 saturated heterocycles. The molecule has 10 heteroatoms. The highest BCUT2D eigenvalue weighted by Gasteiger charge is 2.52. The summed E-state index contributed by atoms with van der Waals surface area (Å²) in [5, 5.41) is 17.5. The van der Waals surface area contributed by atoms with Crippen molar-refractivity contribution in [2.75, 3.05) is 13.7 Å². The molecule has 194 valence electrons. The topological polar surface area (TPSA) is 107 Å². The molecule has 36 heavy (non-hydrogen) atoms. The third-order valence-electron chi connectivity index (χ3n) is 8.50. The summed E-state index contributed by atoms with van der Waals surface area (Å²) in [6, 6.07) is 5.26. The predicted molar refractivity (Wildman–Crippen MR) is 128 cm³/mol. The zero-order chi connectivity index (χ0) is 25.5. The molecular formula is C26H33FN4O5. The Morgan fingerprint density at radius 1 is 1.25 bits per heavy atom. The number of nitrogens with zero attached hydrogens (tertiary/aromatic N) is 4. The smallest absolute Gasteiger partial charge is 0.410 e. The fourth-order valence-corrected chi connectivity index (χ4v) is 6.14. The molecule has 0 radical (unpaired) electrons. The monoisotopic (exact) mass is 500 g/mol. The molecule has 2 aliphatic heterocycles. The number of rotatable bonds is 7. The van der Waals surface area contributed by atoms with E-state index >= 15 is 4.39 Å². The number of carbonyl (C=O) groups excluding carboxylic acids is 1. The standard InChI is InChI=1S/C26H33FN4O5/c1-30(18-5-3-4-6-18)24(34)35-15-21-23(28-29-31(21)2)17-7-8-19(20(27)13-17)25-9-11-26(12-10-25,36-16-25)14-22(32)33/h7-8,13,18H,3-6,9-12,14-16H2,1-2H3,(H,32,33). The predicted octanol–water partition coefficient (Wildman–Crippen LogP) is 4.19. The number of fused-ring (bicyclic) bond motifs is 3. The Bertz CT molecular complexity index is 1130. The third-order valence-corrected chi connectivity index (χ3v) is 8.50. The summed E-state index contributed by atoms with van der Waals surface area (Å²) >= 11 is 0. The van der Waals surface area contributed by atoms with Crippen LogP contribution in [0.1, 0.15) is 69.0 Å². The Hall–Kier alpha value is -3.01. The number of carbonyl (C=O) groups is 2. The van der Waals surface area contributed by atoms with Crippen LogP contribution in [-0.2, 0) is 33.3 Å². The van der Waals surface area contributed by atoms with Crippen molar-refractivity contribution in [1.29, 1.82) is 0 Å². The second-order valence-electron chi connectivity index (χ2n) is 10.6. The van der Waals surface area contributed by atoms with Crippen LogP contribution in [0.15, 0.2) is 18.2 Å². The van der Waals surface area contributed by atoms with E-state index < -0.39 is 17.0 Å². The van der Waals surface area contributed by atoms with Crippen LogP contribution in [0.4, 0.5) is 9.18 Å². The van der Waals surface area contributed by atoms with Crippen LogP contribution >= 0.6 is 0 Å². The number of aliphatic carboxylic acids is 1. The average Bonchev–Trinajstić information content (AvgIpc) is 3.52. The van der Waals surface area contributed by atoms with Crippen molar-refractivity contribution in [2.45, 2.75) is 81.5 Å². The number of hydrogen-bond acceptors (Lipinski definition) is 6. The molecule has 1 amide bonds. The van der Waals surface area contributed by atoms with Gasteiger partial charge in [0.05, 0.1) is 18.6 Å². The molecule has 1 N–H and O–H groups in total. The van der Waals surface area contributed by atoms with E-state index in [4.69, 9.17) is 9.47 Å². The first-order valence-corrected chi connectivity index (χ1v) is 12.7. The van der Waals surface area contributed by atoms with Crippen molar-refractivity contribution in [1.82, 2.24) is 19.9 Å². The second kappa shape index (κ2) is 9.46. The van der Waals surface area contributed by atoms with Gasteiger partial charge in [0.2, 0.25) is 0 Å². The lowest BCUT2D eigenvalue weighted by Crippen LogP contribution is -2.54. The van der Waals surface area contributed by atoms with Gasteiger partial charge in [0.25, 0.3) is 0 Å². The van der Waals surface area contributed by atoms with Crippen molar-refractivity contribution in [3.05, 3.63) is 35.3 Å². The van der Waals surface area contributed by atoms with E-state index in [1.807, 2.05) is 6.07 Å². The zero-order valence-corrected chi connectivity index (χ0v) is 20.8. The maximum absolute atomic E-state index is 15.5. The minimum atomic E-state index is -0.865. The summed E-state index contributed by atoms with van der Waals surface area (Å²) in [4.78, 5) is 25.5. The van der Waals surface area contributed by atoms with Crippen LogP contribution in [0.25, 0.3) is 11.3 Å². The van der Waals surface area contributed by atoms with E-state index in [0.29, 0.717) is 54.8 Å². The summed E-state index contributed by atoms with van der Waals surface area (Å²) in [6.07, 6.45) is 6.42. The number of halogens is 1. The molecule has 0 spiro atoms. The largest absolute Gasteiger partial charge is 0.481 e. The van der Waals surface area contributed by atoms with Crippen LogP contribution in [0.2, 0.25) is 0 Å². The summed E-state index contributed by atoms with van der Waals surface area (Å²) < 4.78 is 28.6. The first kappa shape index (κ1) is 24.7. The lowest BCUT2D eigenvalue weighted by molar-refractivity contribution is -0.175. The summed E-state index contributed by atoms with van der Waals surface area (Å²) in [6.45, 7) is 0.305. The Kier molecular flexibility index (Phi) is 6.48. The maximum Gasteiger partial charge on any atom is 0.410 e. The van der Waals surface area contributed by atoms with Crippen LogP contribution in [0.5, 0.6) is 0 Å². The molecule has 4 fully saturated rings. The molecule has 3 heterocycles. The Morgan fingerprint density at radius 2 is 1.97 bits per heavy atom. The van der Waals surface area contributed by atoms with Crippen molar-refractivity contribution >= 4 is 12.1 Å². The fourth-order valence-electron chi connectivity index (χ4n) is 6.14. The summed E-state index contributed by atoms with van der Waals surface area (Å²) in [7, 11) is 3.48. The Morgan fingerprint density at radius 3 is 2.58 bits per heavy atom. The quantitative estimate of drug-likeness (QED) is 0.608. The molecule has 2 aromatic rings. The molecule has 9 nitrogen and oxygen atoms in total. The van der Waals surface area contributed by atoms with Crippen LogP contribution < -0.4 is 0 Å². The second-order valence-corrected chi connectivity index (χ2v) is 10.6. The molecule has 1 aromatic heterocycles. The Labute approximate surface area is 209 Å². The molecule has 4 aliphatic rings. The van der Waals surface area contributed by atoms with Gasteiger partial charge < -0.3 is 19.5 Å². The highest BCUT2D eigenvalue weighted by molar-refractivity contribution is 5.69. The van der Waals surface area contributed by atoms with E-state index in [1.165, 1.54) is 6.07 Å². The molecule has 1 aromatic carbocycles. The normalized spacial score (nSPS) is 25.8. The lowest BCUT2D eigenvalue weighted by atomic mass is 9.62. The van der Waals surface area contributed by atoms with Gasteiger partial charge in [0, 0.05) is 31.1 Å². The number of carboxylic acids is 1. The van der Waals surface area contributed by atoms with Gasteiger partial charge in [-0.25, -0.2) is 13.9 Å². The highest BCUT2D eigenvalue weighted by atomic mass is 19.1. The van der Waals surface area contributed by atoms with Gasteiger partial charge in [-0.2, -0.15) is 0 Å². The fraction of sp³-hybridized carbons (Fsp3) is 0.615. The molecule has 2 bridgehead atoms. The molecule has 0 unspecified atom stereocenters. The van der Waals surface area contributed by atoms with Gasteiger partial charge in [0.15, 0.2) is 0 Å². The van der Waals surface area contributed by atoms with Crippen molar-refractivity contribution in [3.8, 4) is 11.3 Å². The first-order valence-electron chi connectivity index (χ1n) is 12.7. The zero-order valence-electron chi connectivity index (χ0n) is 20.8. The molecular weight excluding hydrogens is 467 g/mol. The number of benzene rings is 1. The van der Waals surface area contributed by atoms with Crippen LogP contribution in [-0.4, -0.2) is 62.4 Å². The number of hydrogen-bond donors (Lipinski definition) is 1. The Balaban J connectivity index is 1.31. The van der Waals surface area contributed by atoms with E-state index in [-0.39, 0.29) is 31.0 Å². The van der Waals surface area contributed by atoms with Crippen molar-refractivity contribution in [3.63, 3.8) is 0 Å².